The predicted molar refractivity (Wildman–Crippen MR) is 108 cm³/mol. The molecule has 0 radical (unpaired) electrons. The lowest BCUT2D eigenvalue weighted by atomic mass is 10.2. The molecule has 28 heavy (non-hydrogen) atoms. The van der Waals surface area contributed by atoms with Crippen LogP contribution in [0.1, 0.15) is 16.1 Å². The summed E-state index contributed by atoms with van der Waals surface area (Å²) in [7, 11) is 1.80. The first kappa shape index (κ1) is 18.1. The molecule has 9 heteroatoms. The third-order valence-electron chi connectivity index (χ3n) is 4.37. The maximum absolute atomic E-state index is 12.6. The number of carbonyl (C=O) groups is 1. The molecule has 1 N–H and O–H groups in total. The number of rotatable bonds is 4. The lowest BCUT2D eigenvalue weighted by Gasteiger charge is -2.22. The number of thiocarbonyl (C=S) groups is 1. The molecule has 4 rings (SSSR count). The van der Waals surface area contributed by atoms with Gasteiger partial charge in [0.1, 0.15) is 17.6 Å². The van der Waals surface area contributed by atoms with Gasteiger partial charge in [0.15, 0.2) is 17.3 Å². The molecule has 0 saturated carbocycles. The van der Waals surface area contributed by atoms with E-state index in [0.29, 0.717) is 23.1 Å². The monoisotopic (exact) mass is 394 g/mol. The third-order valence-corrected chi connectivity index (χ3v) is 4.93. The minimum absolute atomic E-state index is 0.214. The van der Waals surface area contributed by atoms with Crippen molar-refractivity contribution in [3.8, 4) is 5.75 Å². The standard InChI is InChI=1S/C19H18N6O2S/c1-24-17-16(8-5-9-20-17)27-12-15(19(24)28)21-18(26)14-11-25(23-22-14)10-13-6-3-2-4-7-13/h2-9,11,15H,10,12H2,1H3,(H,21,26). The number of hydrogen-bond donors (Lipinski definition) is 1. The zero-order valence-corrected chi connectivity index (χ0v) is 16.0. The molecule has 2 aromatic heterocycles. The number of amides is 1. The van der Waals surface area contributed by atoms with E-state index in [1.807, 2.05) is 36.4 Å². The lowest BCUT2D eigenvalue weighted by Crippen LogP contribution is -2.48. The Morgan fingerprint density at radius 3 is 2.93 bits per heavy atom. The number of nitrogens with zero attached hydrogens (tertiary/aromatic N) is 5. The summed E-state index contributed by atoms with van der Waals surface area (Å²) in [5.74, 6) is 0.888. The molecule has 8 nitrogen and oxygen atoms in total. The maximum Gasteiger partial charge on any atom is 0.274 e. The van der Waals surface area contributed by atoms with Crippen LogP contribution in [0.15, 0.2) is 54.9 Å². The largest absolute Gasteiger partial charge is 0.487 e. The zero-order chi connectivity index (χ0) is 19.5. The van der Waals surface area contributed by atoms with Crippen LogP contribution in [-0.2, 0) is 6.54 Å². The summed E-state index contributed by atoms with van der Waals surface area (Å²) in [6, 6.07) is 13.0. The topological polar surface area (TPSA) is 85.2 Å². The van der Waals surface area contributed by atoms with Crippen LogP contribution in [0.3, 0.4) is 0 Å². The van der Waals surface area contributed by atoms with Gasteiger partial charge >= 0.3 is 0 Å². The van der Waals surface area contributed by atoms with E-state index in [1.165, 1.54) is 0 Å². The van der Waals surface area contributed by atoms with Crippen LogP contribution in [0.25, 0.3) is 0 Å². The second-order valence-electron chi connectivity index (χ2n) is 6.35. The van der Waals surface area contributed by atoms with Crippen molar-refractivity contribution in [2.24, 2.45) is 0 Å². The molecule has 1 aliphatic rings. The van der Waals surface area contributed by atoms with Crippen molar-refractivity contribution in [2.75, 3.05) is 18.6 Å². The second-order valence-corrected chi connectivity index (χ2v) is 6.76. The summed E-state index contributed by atoms with van der Waals surface area (Å²) < 4.78 is 7.40. The predicted octanol–water partition coefficient (Wildman–Crippen LogP) is 1.68. The van der Waals surface area contributed by atoms with E-state index in [0.717, 1.165) is 5.56 Å². The highest BCUT2D eigenvalue weighted by Crippen LogP contribution is 2.27. The second kappa shape index (κ2) is 7.73. The van der Waals surface area contributed by atoms with Crippen LogP contribution in [0, 0.1) is 0 Å². The summed E-state index contributed by atoms with van der Waals surface area (Å²) in [6.07, 6.45) is 3.29. The van der Waals surface area contributed by atoms with Crippen molar-refractivity contribution >= 4 is 28.9 Å². The number of benzene rings is 1. The van der Waals surface area contributed by atoms with Gasteiger partial charge in [-0.2, -0.15) is 0 Å². The highest BCUT2D eigenvalue weighted by Gasteiger charge is 2.29. The number of aromatic nitrogens is 4. The Hall–Kier alpha value is -3.33. The fraction of sp³-hybridized carbons (Fsp3) is 0.211. The van der Waals surface area contributed by atoms with E-state index >= 15 is 0 Å². The molecule has 142 valence electrons. The Bertz CT molecular complexity index is 1010. The molecular formula is C19H18N6O2S. The van der Waals surface area contributed by atoms with Crippen molar-refractivity contribution in [1.29, 1.82) is 0 Å². The lowest BCUT2D eigenvalue weighted by molar-refractivity contribution is 0.0932. The number of anilines is 1. The van der Waals surface area contributed by atoms with Gasteiger partial charge in [-0.25, -0.2) is 9.67 Å². The fourth-order valence-corrected chi connectivity index (χ4v) is 3.13. The molecule has 0 aliphatic carbocycles. The van der Waals surface area contributed by atoms with E-state index in [1.54, 1.807) is 35.1 Å². The quantitative estimate of drug-likeness (QED) is 0.674. The van der Waals surface area contributed by atoms with E-state index in [9.17, 15) is 4.79 Å². The Morgan fingerprint density at radius 2 is 2.11 bits per heavy atom. The number of fused-ring (bicyclic) bond motifs is 1. The molecule has 1 atom stereocenters. The van der Waals surface area contributed by atoms with Gasteiger partial charge in [-0.3, -0.25) is 4.79 Å². The molecule has 1 unspecified atom stereocenters. The van der Waals surface area contributed by atoms with E-state index < -0.39 is 6.04 Å². The smallest absolute Gasteiger partial charge is 0.274 e. The maximum atomic E-state index is 12.6. The molecule has 0 saturated heterocycles. The Morgan fingerprint density at radius 1 is 1.29 bits per heavy atom. The minimum atomic E-state index is -0.485. The molecule has 1 amide bonds. The molecule has 1 aliphatic heterocycles. The fourth-order valence-electron chi connectivity index (χ4n) is 2.92. The molecule has 0 spiro atoms. The van der Waals surface area contributed by atoms with Crippen molar-refractivity contribution in [3.05, 3.63) is 66.1 Å². The van der Waals surface area contributed by atoms with Crippen LogP contribution in [0.4, 0.5) is 5.82 Å². The van der Waals surface area contributed by atoms with Gasteiger partial charge in [-0.1, -0.05) is 47.8 Å². The SMILES string of the molecule is CN1C(=S)C(NC(=O)c2cn(Cc3ccccc3)nn2)COc2cccnc21. The highest BCUT2D eigenvalue weighted by molar-refractivity contribution is 7.80. The van der Waals surface area contributed by atoms with Gasteiger partial charge in [0.2, 0.25) is 0 Å². The zero-order valence-electron chi connectivity index (χ0n) is 15.1. The van der Waals surface area contributed by atoms with Gasteiger partial charge in [0.25, 0.3) is 5.91 Å². The molecule has 3 aromatic rings. The van der Waals surface area contributed by atoms with Crippen molar-refractivity contribution in [2.45, 2.75) is 12.6 Å². The summed E-state index contributed by atoms with van der Waals surface area (Å²) in [5.41, 5.74) is 1.30. The average Bonchev–Trinajstić information content (AvgIpc) is 3.15. The van der Waals surface area contributed by atoms with Crippen LogP contribution in [0.5, 0.6) is 5.75 Å². The van der Waals surface area contributed by atoms with Crippen molar-refractivity contribution in [3.63, 3.8) is 0 Å². The first-order valence-electron chi connectivity index (χ1n) is 8.72. The van der Waals surface area contributed by atoms with Gasteiger partial charge in [-0.05, 0) is 17.7 Å². The van der Waals surface area contributed by atoms with Gasteiger partial charge in [-0.15, -0.1) is 5.10 Å². The Kier molecular flexibility index (Phi) is 4.98. The number of carbonyl (C=O) groups excluding carboxylic acids is 1. The van der Waals surface area contributed by atoms with E-state index in [-0.39, 0.29) is 18.2 Å². The van der Waals surface area contributed by atoms with E-state index in [2.05, 4.69) is 20.6 Å². The van der Waals surface area contributed by atoms with Crippen LogP contribution >= 0.6 is 12.2 Å². The van der Waals surface area contributed by atoms with Gasteiger partial charge in [0.05, 0.1) is 12.7 Å². The van der Waals surface area contributed by atoms with Crippen LogP contribution in [0.2, 0.25) is 0 Å². The van der Waals surface area contributed by atoms with Crippen molar-refractivity contribution < 1.29 is 9.53 Å². The highest BCUT2D eigenvalue weighted by atomic mass is 32.1. The van der Waals surface area contributed by atoms with Crippen molar-refractivity contribution in [1.82, 2.24) is 25.3 Å². The third kappa shape index (κ3) is 3.70. The summed E-state index contributed by atoms with van der Waals surface area (Å²) >= 11 is 5.52. The summed E-state index contributed by atoms with van der Waals surface area (Å²) in [4.78, 5) is 19.2. The normalized spacial score (nSPS) is 16.1. The number of likely N-dealkylation sites (N-methyl/N-ethyl adjacent to an activating group) is 1. The molecule has 0 fully saturated rings. The first-order valence-corrected chi connectivity index (χ1v) is 9.13. The van der Waals surface area contributed by atoms with Gasteiger partial charge in [0, 0.05) is 13.2 Å². The average molecular weight is 394 g/mol. The Balaban J connectivity index is 1.45. The summed E-state index contributed by atoms with van der Waals surface area (Å²) in [5, 5.41) is 10.9. The molecule has 1 aromatic carbocycles. The first-order chi connectivity index (χ1) is 13.6. The number of ether oxygens (including phenoxy) is 1. The van der Waals surface area contributed by atoms with Gasteiger partial charge < -0.3 is 15.0 Å². The van der Waals surface area contributed by atoms with E-state index in [4.69, 9.17) is 17.0 Å². The number of nitrogens with one attached hydrogen (secondary N) is 1. The van der Waals surface area contributed by atoms with Crippen LogP contribution in [-0.4, -0.2) is 50.6 Å². The van der Waals surface area contributed by atoms with Crippen LogP contribution < -0.4 is 15.0 Å². The molecular weight excluding hydrogens is 376 g/mol. The number of pyridine rings is 1. The summed E-state index contributed by atoms with van der Waals surface area (Å²) in [6.45, 7) is 0.752. The number of hydrogen-bond acceptors (Lipinski definition) is 6. The Labute approximate surface area is 167 Å². The molecule has 0 bridgehead atoms. The molecule has 3 heterocycles. The minimum Gasteiger partial charge on any atom is -0.487 e.